The van der Waals surface area contributed by atoms with Crippen molar-refractivity contribution in [2.75, 3.05) is 12.4 Å². The van der Waals surface area contributed by atoms with Gasteiger partial charge in [-0.3, -0.25) is 0 Å². The van der Waals surface area contributed by atoms with Crippen molar-refractivity contribution in [2.24, 2.45) is 0 Å². The first-order chi connectivity index (χ1) is 11.3. The summed E-state index contributed by atoms with van der Waals surface area (Å²) in [4.78, 5) is 12.2. The van der Waals surface area contributed by atoms with E-state index in [4.69, 9.17) is 4.74 Å². The third-order valence-corrected chi connectivity index (χ3v) is 3.95. The maximum atomic E-state index is 12.2. The first kappa shape index (κ1) is 17.9. The molecule has 4 nitrogen and oxygen atoms in total. The fraction of sp³-hybridized carbons (Fsp3) is 0.350. The van der Waals surface area contributed by atoms with Crippen LogP contribution in [0.25, 0.3) is 0 Å². The molecule has 0 aromatic heterocycles. The van der Waals surface area contributed by atoms with Gasteiger partial charge in [0.2, 0.25) is 0 Å². The second-order valence-electron chi connectivity index (χ2n) is 6.92. The van der Waals surface area contributed by atoms with Crippen LogP contribution in [0.4, 0.5) is 10.5 Å². The Bertz CT molecular complexity index is 688. The van der Waals surface area contributed by atoms with Crippen molar-refractivity contribution in [3.8, 4) is 5.75 Å². The van der Waals surface area contributed by atoms with E-state index >= 15 is 0 Å². The van der Waals surface area contributed by atoms with Crippen LogP contribution in [0.2, 0.25) is 0 Å². The van der Waals surface area contributed by atoms with Crippen molar-refractivity contribution in [1.82, 2.24) is 5.32 Å². The van der Waals surface area contributed by atoms with Crippen LogP contribution in [0, 0.1) is 0 Å². The Morgan fingerprint density at radius 1 is 1.08 bits per heavy atom. The van der Waals surface area contributed by atoms with E-state index in [1.54, 1.807) is 13.2 Å². The summed E-state index contributed by atoms with van der Waals surface area (Å²) in [5.41, 5.74) is 3.17. The van der Waals surface area contributed by atoms with Crippen LogP contribution in [-0.2, 0) is 5.41 Å². The SMILES string of the molecule is COc1cccc(NC(=O)N[C@H](C)c2ccc(C(C)(C)C)cc2)c1. The van der Waals surface area contributed by atoms with Gasteiger partial charge in [0.25, 0.3) is 0 Å². The number of urea groups is 1. The molecule has 24 heavy (non-hydrogen) atoms. The van der Waals surface area contributed by atoms with Gasteiger partial charge < -0.3 is 15.4 Å². The molecule has 2 rings (SSSR count). The number of benzene rings is 2. The van der Waals surface area contributed by atoms with Gasteiger partial charge >= 0.3 is 6.03 Å². The standard InChI is InChI=1S/C20H26N2O2/c1-14(15-9-11-16(12-10-15)20(2,3)4)21-19(23)22-17-7-6-8-18(13-17)24-5/h6-14H,1-5H3,(H2,21,22,23)/t14-/m1/s1. The lowest BCUT2D eigenvalue weighted by Gasteiger charge is -2.21. The highest BCUT2D eigenvalue weighted by molar-refractivity contribution is 5.89. The molecule has 1 atom stereocenters. The van der Waals surface area contributed by atoms with Gasteiger partial charge in [-0.1, -0.05) is 51.1 Å². The molecule has 2 aromatic rings. The summed E-state index contributed by atoms with van der Waals surface area (Å²) in [5, 5.41) is 5.77. The summed E-state index contributed by atoms with van der Waals surface area (Å²) in [6, 6.07) is 15.3. The molecule has 0 aliphatic carbocycles. The fourth-order valence-corrected chi connectivity index (χ4v) is 2.42. The number of carbonyl (C=O) groups is 1. The zero-order chi connectivity index (χ0) is 17.7. The van der Waals surface area contributed by atoms with Gasteiger partial charge in [0.1, 0.15) is 5.75 Å². The number of ether oxygens (including phenoxy) is 1. The van der Waals surface area contributed by atoms with Gasteiger partial charge in [0.05, 0.1) is 13.2 Å². The Hall–Kier alpha value is -2.49. The van der Waals surface area contributed by atoms with E-state index in [1.165, 1.54) is 5.56 Å². The quantitative estimate of drug-likeness (QED) is 0.841. The smallest absolute Gasteiger partial charge is 0.319 e. The third kappa shape index (κ3) is 4.75. The molecule has 0 bridgehead atoms. The molecule has 0 aliphatic heterocycles. The van der Waals surface area contributed by atoms with Crippen LogP contribution in [0.1, 0.15) is 44.9 Å². The van der Waals surface area contributed by atoms with Crippen LogP contribution in [-0.4, -0.2) is 13.1 Å². The lowest BCUT2D eigenvalue weighted by molar-refractivity contribution is 0.249. The van der Waals surface area contributed by atoms with Crippen LogP contribution in [0.3, 0.4) is 0 Å². The maximum absolute atomic E-state index is 12.2. The maximum Gasteiger partial charge on any atom is 0.319 e. The van der Waals surface area contributed by atoms with Gasteiger partial charge in [-0.25, -0.2) is 4.79 Å². The highest BCUT2D eigenvalue weighted by atomic mass is 16.5. The van der Waals surface area contributed by atoms with Crippen molar-refractivity contribution in [1.29, 1.82) is 0 Å². The monoisotopic (exact) mass is 326 g/mol. The summed E-state index contributed by atoms with van der Waals surface area (Å²) in [6.45, 7) is 8.53. The average Bonchev–Trinajstić information content (AvgIpc) is 2.54. The molecule has 0 heterocycles. The first-order valence-electron chi connectivity index (χ1n) is 8.11. The number of nitrogens with one attached hydrogen (secondary N) is 2. The van der Waals surface area contributed by atoms with Crippen molar-refractivity contribution < 1.29 is 9.53 Å². The molecule has 2 N–H and O–H groups in total. The Labute approximate surface area is 144 Å². The van der Waals surface area contributed by atoms with E-state index in [2.05, 4.69) is 55.7 Å². The highest BCUT2D eigenvalue weighted by Crippen LogP contribution is 2.24. The molecule has 2 amide bonds. The molecule has 0 saturated heterocycles. The second-order valence-corrected chi connectivity index (χ2v) is 6.92. The summed E-state index contributed by atoms with van der Waals surface area (Å²) >= 11 is 0. The molecular formula is C20H26N2O2. The minimum Gasteiger partial charge on any atom is -0.497 e. The van der Waals surface area contributed by atoms with Crippen LogP contribution in [0.15, 0.2) is 48.5 Å². The molecule has 0 unspecified atom stereocenters. The zero-order valence-corrected chi connectivity index (χ0v) is 15.0. The number of methoxy groups -OCH3 is 1. The molecule has 4 heteroatoms. The molecule has 2 aromatic carbocycles. The van der Waals surface area contributed by atoms with Gasteiger partial charge in [-0.05, 0) is 35.6 Å². The number of rotatable bonds is 4. The van der Waals surface area contributed by atoms with Crippen molar-refractivity contribution >= 4 is 11.7 Å². The number of anilines is 1. The highest BCUT2D eigenvalue weighted by Gasteiger charge is 2.15. The van der Waals surface area contributed by atoms with Gasteiger partial charge in [-0.2, -0.15) is 0 Å². The van der Waals surface area contributed by atoms with Crippen molar-refractivity contribution in [2.45, 2.75) is 39.2 Å². The summed E-state index contributed by atoms with van der Waals surface area (Å²) < 4.78 is 5.15. The van der Waals surface area contributed by atoms with E-state index in [0.29, 0.717) is 11.4 Å². The Morgan fingerprint density at radius 2 is 1.75 bits per heavy atom. The minimum absolute atomic E-state index is 0.0790. The lowest BCUT2D eigenvalue weighted by Crippen LogP contribution is -2.31. The van der Waals surface area contributed by atoms with Crippen molar-refractivity contribution in [3.63, 3.8) is 0 Å². The molecule has 0 spiro atoms. The minimum atomic E-state index is -0.240. The van der Waals surface area contributed by atoms with E-state index in [1.807, 2.05) is 25.1 Å². The number of carbonyl (C=O) groups excluding carboxylic acids is 1. The molecule has 0 radical (unpaired) electrons. The van der Waals surface area contributed by atoms with E-state index < -0.39 is 0 Å². The predicted octanol–water partition coefficient (Wildman–Crippen LogP) is 4.88. The van der Waals surface area contributed by atoms with Gasteiger partial charge in [0, 0.05) is 11.8 Å². The van der Waals surface area contributed by atoms with Gasteiger partial charge in [0.15, 0.2) is 0 Å². The summed E-state index contributed by atoms with van der Waals surface area (Å²) in [7, 11) is 1.60. The Morgan fingerprint density at radius 3 is 2.33 bits per heavy atom. The molecular weight excluding hydrogens is 300 g/mol. The third-order valence-electron chi connectivity index (χ3n) is 3.95. The van der Waals surface area contributed by atoms with Crippen molar-refractivity contribution in [3.05, 3.63) is 59.7 Å². The van der Waals surface area contributed by atoms with E-state index in [9.17, 15) is 4.79 Å². The van der Waals surface area contributed by atoms with E-state index in [0.717, 1.165) is 5.56 Å². The molecule has 128 valence electrons. The topological polar surface area (TPSA) is 50.4 Å². The van der Waals surface area contributed by atoms with Crippen LogP contribution >= 0.6 is 0 Å². The second kappa shape index (κ2) is 7.39. The summed E-state index contributed by atoms with van der Waals surface area (Å²) in [5.74, 6) is 0.707. The largest absolute Gasteiger partial charge is 0.497 e. The average molecular weight is 326 g/mol. The number of hydrogen-bond donors (Lipinski definition) is 2. The first-order valence-corrected chi connectivity index (χ1v) is 8.11. The van der Waals surface area contributed by atoms with Crippen LogP contribution in [0.5, 0.6) is 5.75 Å². The molecule has 0 fully saturated rings. The van der Waals surface area contributed by atoms with Crippen LogP contribution < -0.4 is 15.4 Å². The zero-order valence-electron chi connectivity index (χ0n) is 15.0. The number of amides is 2. The Balaban J connectivity index is 1.98. The predicted molar refractivity (Wildman–Crippen MR) is 98.7 cm³/mol. The lowest BCUT2D eigenvalue weighted by atomic mass is 9.86. The summed E-state index contributed by atoms with van der Waals surface area (Å²) in [6.07, 6.45) is 0. The fourth-order valence-electron chi connectivity index (χ4n) is 2.42. The van der Waals surface area contributed by atoms with Gasteiger partial charge in [-0.15, -0.1) is 0 Å². The molecule has 0 saturated carbocycles. The normalized spacial score (nSPS) is 12.4. The molecule has 0 aliphatic rings. The number of hydrogen-bond acceptors (Lipinski definition) is 2. The van der Waals surface area contributed by atoms with E-state index in [-0.39, 0.29) is 17.5 Å². The Kier molecular flexibility index (Phi) is 5.50.